The van der Waals surface area contributed by atoms with E-state index in [0.29, 0.717) is 49.9 Å². The summed E-state index contributed by atoms with van der Waals surface area (Å²) in [5, 5.41) is 9.12. The van der Waals surface area contributed by atoms with E-state index in [9.17, 15) is 9.59 Å². The zero-order valence-corrected chi connectivity index (χ0v) is 21.1. The molecule has 5 rings (SSSR count). The monoisotopic (exact) mass is 507 g/mol. The van der Waals surface area contributed by atoms with E-state index in [2.05, 4.69) is 22.0 Å². The first-order valence-corrected chi connectivity index (χ1v) is 13.2. The molecule has 2 heterocycles. The second-order valence-corrected chi connectivity index (χ2v) is 9.52. The minimum absolute atomic E-state index is 0.201. The Morgan fingerprint density at radius 3 is 2.57 bits per heavy atom. The van der Waals surface area contributed by atoms with Crippen molar-refractivity contribution in [1.29, 1.82) is 0 Å². The second kappa shape index (κ2) is 12.4. The average Bonchev–Trinajstić information content (AvgIpc) is 2.91. The maximum absolute atomic E-state index is 13.5. The van der Waals surface area contributed by atoms with Crippen LogP contribution in [0.3, 0.4) is 0 Å². The lowest BCUT2D eigenvalue weighted by atomic mass is 9.88. The van der Waals surface area contributed by atoms with Gasteiger partial charge in [-0.3, -0.25) is 9.59 Å². The van der Waals surface area contributed by atoms with Crippen LogP contribution < -0.4 is 25.4 Å². The quantitative estimate of drug-likeness (QED) is 0.488. The van der Waals surface area contributed by atoms with E-state index in [0.717, 1.165) is 49.9 Å². The van der Waals surface area contributed by atoms with Gasteiger partial charge in [0, 0.05) is 38.3 Å². The van der Waals surface area contributed by atoms with Gasteiger partial charge < -0.3 is 34.7 Å². The van der Waals surface area contributed by atoms with Crippen molar-refractivity contribution in [1.82, 2.24) is 16.0 Å². The first-order chi connectivity index (χ1) is 18.2. The number of amides is 2. The third kappa shape index (κ3) is 6.63. The molecule has 196 valence electrons. The summed E-state index contributed by atoms with van der Waals surface area (Å²) in [7, 11) is -0.530. The van der Waals surface area contributed by atoms with E-state index in [-0.39, 0.29) is 18.3 Å². The largest absolute Gasteiger partial charge is 0.486 e. The van der Waals surface area contributed by atoms with E-state index >= 15 is 0 Å². The maximum atomic E-state index is 13.5. The smallest absolute Gasteiger partial charge is 0.477 e. The van der Waals surface area contributed by atoms with Crippen molar-refractivity contribution < 1.29 is 28.4 Å². The number of benzene rings is 2. The van der Waals surface area contributed by atoms with Gasteiger partial charge in [0.15, 0.2) is 11.5 Å². The summed E-state index contributed by atoms with van der Waals surface area (Å²) in [6.45, 7) is 3.45. The highest BCUT2D eigenvalue weighted by Gasteiger charge is 2.27. The van der Waals surface area contributed by atoms with E-state index in [1.54, 1.807) is 0 Å². The fourth-order valence-electron chi connectivity index (χ4n) is 5.01. The van der Waals surface area contributed by atoms with Crippen LogP contribution in [0.4, 0.5) is 0 Å². The Morgan fingerprint density at radius 2 is 1.73 bits per heavy atom. The molecule has 0 unspecified atom stereocenters. The molecule has 2 amide bonds. The van der Waals surface area contributed by atoms with Crippen molar-refractivity contribution in [3.8, 4) is 11.5 Å². The van der Waals surface area contributed by atoms with Crippen LogP contribution in [-0.2, 0) is 33.4 Å². The number of ether oxygens (including phenoxy) is 2. The molecule has 10 heteroatoms. The van der Waals surface area contributed by atoms with Crippen molar-refractivity contribution in [3.05, 3.63) is 58.7 Å². The van der Waals surface area contributed by atoms with Crippen LogP contribution in [0.1, 0.15) is 39.9 Å². The van der Waals surface area contributed by atoms with Crippen LogP contribution in [0.15, 0.2) is 36.4 Å². The molecule has 0 aromatic heterocycles. The van der Waals surface area contributed by atoms with Crippen molar-refractivity contribution >= 4 is 18.9 Å². The van der Waals surface area contributed by atoms with Gasteiger partial charge in [0.1, 0.15) is 19.3 Å². The summed E-state index contributed by atoms with van der Waals surface area (Å²) < 4.78 is 22.7. The molecular weight excluding hydrogens is 473 g/mol. The van der Waals surface area contributed by atoms with Gasteiger partial charge in [-0.2, -0.15) is 0 Å². The summed E-state index contributed by atoms with van der Waals surface area (Å²) in [6, 6.07) is 10.7. The number of hydrogen-bond donors (Lipinski definition) is 3. The standard InChI is InChI=1S/C27H34BN3O6/c32-26(22-7-3-5-20-4-1-2-6-21(20)22)31-23(16-19-8-9-24-25(17-19)35-15-14-34-24)27(33)30-18-28-36-12-10-29-11-13-37-28/h3,5,7-9,17,23,29H,1-2,4,6,10-16,18H2,(H,30,33)(H,31,32)/t23-/m0/s1. The fraction of sp³-hybridized carbons (Fsp3) is 0.481. The van der Waals surface area contributed by atoms with Gasteiger partial charge >= 0.3 is 7.12 Å². The molecule has 0 spiro atoms. The lowest BCUT2D eigenvalue weighted by molar-refractivity contribution is -0.122. The van der Waals surface area contributed by atoms with Crippen LogP contribution >= 0.6 is 0 Å². The van der Waals surface area contributed by atoms with Gasteiger partial charge in [0.25, 0.3) is 5.91 Å². The topological polar surface area (TPSA) is 107 Å². The normalized spacial score (nSPS) is 18.1. The molecule has 0 saturated carbocycles. The van der Waals surface area contributed by atoms with Crippen LogP contribution in [0.2, 0.25) is 0 Å². The Labute approximate surface area is 217 Å². The summed E-state index contributed by atoms with van der Waals surface area (Å²) in [4.78, 5) is 26.8. The van der Waals surface area contributed by atoms with E-state index in [1.807, 2.05) is 30.3 Å². The summed E-state index contributed by atoms with van der Waals surface area (Å²) in [6.07, 6.45) is 4.56. The second-order valence-electron chi connectivity index (χ2n) is 9.52. The third-order valence-electron chi connectivity index (χ3n) is 6.92. The fourth-order valence-corrected chi connectivity index (χ4v) is 5.01. The van der Waals surface area contributed by atoms with Crippen LogP contribution in [0.5, 0.6) is 11.5 Å². The van der Waals surface area contributed by atoms with Gasteiger partial charge in [0.2, 0.25) is 5.91 Å². The molecule has 2 aromatic carbocycles. The summed E-state index contributed by atoms with van der Waals surface area (Å²) in [5.74, 6) is 0.807. The first-order valence-electron chi connectivity index (χ1n) is 13.2. The number of aryl methyl sites for hydroxylation is 1. The molecule has 0 radical (unpaired) electrons. The average molecular weight is 507 g/mol. The van der Waals surface area contributed by atoms with Crippen LogP contribution in [-0.4, -0.2) is 70.9 Å². The molecule has 9 nitrogen and oxygen atoms in total. The molecular formula is C27H34BN3O6. The van der Waals surface area contributed by atoms with Crippen LogP contribution in [0.25, 0.3) is 0 Å². The Kier molecular flexibility index (Phi) is 8.60. The van der Waals surface area contributed by atoms with E-state index < -0.39 is 13.2 Å². The predicted octanol–water partition coefficient (Wildman–Crippen LogP) is 1.46. The first kappa shape index (κ1) is 25.6. The highest BCUT2D eigenvalue weighted by atomic mass is 16.6. The van der Waals surface area contributed by atoms with Crippen molar-refractivity contribution in [2.24, 2.45) is 0 Å². The zero-order chi connectivity index (χ0) is 25.5. The zero-order valence-electron chi connectivity index (χ0n) is 21.1. The molecule has 1 fully saturated rings. The van der Waals surface area contributed by atoms with Gasteiger partial charge in [-0.15, -0.1) is 0 Å². The number of carbonyl (C=O) groups is 2. The molecule has 0 bridgehead atoms. The highest BCUT2D eigenvalue weighted by Crippen LogP contribution is 2.31. The summed E-state index contributed by atoms with van der Waals surface area (Å²) in [5.41, 5.74) is 3.83. The van der Waals surface area contributed by atoms with Gasteiger partial charge in [-0.1, -0.05) is 18.2 Å². The Morgan fingerprint density at radius 1 is 0.946 bits per heavy atom. The molecule has 1 aliphatic carbocycles. The number of hydrogen-bond acceptors (Lipinski definition) is 7. The van der Waals surface area contributed by atoms with Gasteiger partial charge in [-0.05, 0) is 60.6 Å². The minimum atomic E-state index is -0.787. The number of rotatable bonds is 7. The van der Waals surface area contributed by atoms with Gasteiger partial charge in [-0.25, -0.2) is 0 Å². The number of fused-ring (bicyclic) bond motifs is 2. The number of nitrogens with one attached hydrogen (secondary N) is 3. The van der Waals surface area contributed by atoms with Gasteiger partial charge in [0.05, 0.1) is 6.44 Å². The Bertz CT molecular complexity index is 1110. The third-order valence-corrected chi connectivity index (χ3v) is 6.92. The minimum Gasteiger partial charge on any atom is -0.486 e. The molecule has 1 saturated heterocycles. The lowest BCUT2D eigenvalue weighted by Crippen LogP contribution is -2.51. The van der Waals surface area contributed by atoms with E-state index in [1.165, 1.54) is 5.56 Å². The molecule has 37 heavy (non-hydrogen) atoms. The van der Waals surface area contributed by atoms with Crippen LogP contribution in [0, 0.1) is 0 Å². The van der Waals surface area contributed by atoms with Crippen molar-refractivity contribution in [2.45, 2.75) is 38.1 Å². The van der Waals surface area contributed by atoms with Crippen molar-refractivity contribution in [3.63, 3.8) is 0 Å². The number of carbonyl (C=O) groups excluding carboxylic acids is 2. The molecule has 2 aliphatic heterocycles. The predicted molar refractivity (Wildman–Crippen MR) is 139 cm³/mol. The Balaban J connectivity index is 1.31. The molecule has 2 aromatic rings. The van der Waals surface area contributed by atoms with E-state index in [4.69, 9.17) is 18.8 Å². The Hall–Kier alpha value is -3.08. The maximum Gasteiger partial charge on any atom is 0.477 e. The molecule has 1 atom stereocenters. The SMILES string of the molecule is O=C(N[C@@H](Cc1ccc2c(c1)OCCO2)C(=O)NCB1OCCNCCO1)c1cccc2c1CCCC2. The lowest BCUT2D eigenvalue weighted by Gasteiger charge is -2.24. The highest BCUT2D eigenvalue weighted by molar-refractivity contribution is 6.45. The molecule has 3 aliphatic rings. The molecule has 3 N–H and O–H groups in total. The summed E-state index contributed by atoms with van der Waals surface area (Å²) >= 11 is 0. The van der Waals surface area contributed by atoms with Crippen molar-refractivity contribution in [2.75, 3.05) is 46.0 Å².